The van der Waals surface area contributed by atoms with Gasteiger partial charge < -0.3 is 5.53 Å². The van der Waals surface area contributed by atoms with Crippen molar-refractivity contribution in [2.24, 2.45) is 0 Å². The lowest BCUT2D eigenvalue weighted by Crippen LogP contribution is -1.94. The molecule has 0 bridgehead atoms. The highest BCUT2D eigenvalue weighted by Crippen LogP contribution is 1.73. The van der Waals surface area contributed by atoms with E-state index in [9.17, 15) is 0 Å². The van der Waals surface area contributed by atoms with Crippen LogP contribution in [0.25, 0.3) is 5.53 Å². The van der Waals surface area contributed by atoms with Crippen molar-refractivity contribution in [2.75, 3.05) is 0 Å². The predicted molar refractivity (Wildman–Crippen MR) is 33.2 cm³/mol. The topological polar surface area (TPSA) is 36.4 Å². The second-order valence-electron chi connectivity index (χ2n) is 1.63. The van der Waals surface area contributed by atoms with E-state index in [2.05, 4.69) is 4.79 Å². The van der Waals surface area contributed by atoms with Crippen LogP contribution in [0.15, 0.2) is 36.4 Å². The Morgan fingerprint density at radius 2 is 1.56 bits per heavy atom. The molecule has 0 fully saturated rings. The van der Waals surface area contributed by atoms with Gasteiger partial charge in [-0.3, -0.25) is 0 Å². The van der Waals surface area contributed by atoms with Crippen molar-refractivity contribution in [2.45, 2.75) is 0 Å². The summed E-state index contributed by atoms with van der Waals surface area (Å²) < 4.78 is 0. The summed E-state index contributed by atoms with van der Waals surface area (Å²) in [5, 5.41) is 0.569. The van der Waals surface area contributed by atoms with Crippen molar-refractivity contribution in [3.05, 3.63) is 47.3 Å². The molecule has 0 saturated carbocycles. The van der Waals surface area contributed by atoms with Crippen LogP contribution in [0.2, 0.25) is 0 Å². The van der Waals surface area contributed by atoms with E-state index in [1.165, 1.54) is 0 Å². The van der Waals surface area contributed by atoms with Crippen LogP contribution in [0, 0.1) is 0 Å². The van der Waals surface area contributed by atoms with E-state index in [-0.39, 0.29) is 0 Å². The van der Waals surface area contributed by atoms with Crippen LogP contribution in [0.5, 0.6) is 0 Å². The van der Waals surface area contributed by atoms with Gasteiger partial charge in [-0.2, -0.15) is 4.79 Å². The fraction of sp³-hybridized carbons (Fsp3) is 0. The molecule has 0 unspecified atom stereocenters. The molecule has 0 aliphatic rings. The van der Waals surface area contributed by atoms with Crippen LogP contribution in [0.3, 0.4) is 0 Å². The van der Waals surface area contributed by atoms with Crippen molar-refractivity contribution >= 4 is 0 Å². The van der Waals surface area contributed by atoms with Crippen LogP contribution in [0.1, 0.15) is 0 Å². The quantitative estimate of drug-likeness (QED) is 0.357. The Morgan fingerprint density at radius 3 is 2.00 bits per heavy atom. The first kappa shape index (κ1) is 5.73. The first-order chi connectivity index (χ1) is 4.43. The van der Waals surface area contributed by atoms with E-state index in [0.717, 1.165) is 0 Å². The molecule has 0 heterocycles. The Kier molecular flexibility index (Phi) is 1.78. The summed E-state index contributed by atoms with van der Waals surface area (Å²) in [6.45, 7) is 0. The molecule has 1 aromatic carbocycles. The predicted octanol–water partition coefficient (Wildman–Crippen LogP) is 0.817. The molecule has 44 valence electrons. The molecule has 2 heteroatoms. The Labute approximate surface area is 53.0 Å². The lowest BCUT2D eigenvalue weighted by atomic mass is 10.5. The maximum absolute atomic E-state index is 8.27. The van der Waals surface area contributed by atoms with Crippen LogP contribution >= 0.6 is 0 Å². The van der Waals surface area contributed by atoms with Gasteiger partial charge >= 0.3 is 5.36 Å². The molecule has 2 nitrogen and oxygen atoms in total. The van der Waals surface area contributed by atoms with Crippen molar-refractivity contribution < 1.29 is 4.79 Å². The number of nitrogens with zero attached hydrogens (tertiary/aromatic N) is 2. The normalized spacial score (nSPS) is 8.00. The van der Waals surface area contributed by atoms with Gasteiger partial charge in [0.15, 0.2) is 0 Å². The minimum absolute atomic E-state index is 0.569. The van der Waals surface area contributed by atoms with Gasteiger partial charge in [-0.25, -0.2) is 0 Å². The fourth-order valence-electron chi connectivity index (χ4n) is 0.559. The SMILES string of the molecule is [N-]=[N+]=c1cccccc1. The van der Waals surface area contributed by atoms with E-state index in [1.54, 1.807) is 12.1 Å². The van der Waals surface area contributed by atoms with Gasteiger partial charge in [-0.1, -0.05) is 24.3 Å². The molecule has 0 radical (unpaired) electrons. The standard InChI is InChI=1S/C7H6N2/c8-9-7-5-3-1-2-4-6-7/h1-6H. The minimum atomic E-state index is 0.569. The zero-order chi connectivity index (χ0) is 6.53. The third kappa shape index (κ3) is 1.52. The Hall–Kier alpha value is -1.40. The van der Waals surface area contributed by atoms with E-state index in [4.69, 9.17) is 5.53 Å². The molecule has 1 rings (SSSR count). The summed E-state index contributed by atoms with van der Waals surface area (Å²) in [5.74, 6) is 0. The minimum Gasteiger partial charge on any atom is -0.361 e. The van der Waals surface area contributed by atoms with Crippen LogP contribution < -0.4 is 5.36 Å². The second-order valence-corrected chi connectivity index (χ2v) is 1.63. The molecule has 0 amide bonds. The van der Waals surface area contributed by atoms with Gasteiger partial charge in [0, 0.05) is 12.1 Å². The highest BCUT2D eigenvalue weighted by molar-refractivity contribution is 4.97. The van der Waals surface area contributed by atoms with Crippen LogP contribution in [-0.4, -0.2) is 4.79 Å². The second kappa shape index (κ2) is 2.80. The summed E-state index contributed by atoms with van der Waals surface area (Å²) >= 11 is 0. The molecular formula is C7H6N2. The largest absolute Gasteiger partial charge is 0.361 e. The maximum atomic E-state index is 8.27. The zero-order valence-electron chi connectivity index (χ0n) is 4.86. The molecule has 0 aromatic heterocycles. The highest BCUT2D eigenvalue weighted by Gasteiger charge is 1.77. The smallest absolute Gasteiger partial charge is 0.315 e. The Balaban J connectivity index is 3.46. The summed E-state index contributed by atoms with van der Waals surface area (Å²) in [7, 11) is 0. The highest BCUT2D eigenvalue weighted by atomic mass is 14.8. The number of rotatable bonds is 0. The van der Waals surface area contributed by atoms with Crippen LogP contribution in [0.4, 0.5) is 0 Å². The van der Waals surface area contributed by atoms with Gasteiger partial charge in [0.1, 0.15) is 0 Å². The average molecular weight is 118 g/mol. The molecule has 0 aliphatic heterocycles. The summed E-state index contributed by atoms with van der Waals surface area (Å²) in [4.78, 5) is 3.01. The summed E-state index contributed by atoms with van der Waals surface area (Å²) in [6, 6.07) is 10.8. The molecule has 0 saturated heterocycles. The van der Waals surface area contributed by atoms with Crippen molar-refractivity contribution in [3.8, 4) is 0 Å². The molecule has 1 aromatic rings. The summed E-state index contributed by atoms with van der Waals surface area (Å²) in [5.41, 5.74) is 8.27. The first-order valence-electron chi connectivity index (χ1n) is 2.67. The molecule has 0 atom stereocenters. The fourth-order valence-corrected chi connectivity index (χ4v) is 0.559. The van der Waals surface area contributed by atoms with E-state index in [0.29, 0.717) is 5.36 Å². The van der Waals surface area contributed by atoms with Gasteiger partial charge in [0.25, 0.3) is 0 Å². The van der Waals surface area contributed by atoms with Gasteiger partial charge in [0.2, 0.25) is 0 Å². The van der Waals surface area contributed by atoms with E-state index in [1.807, 2.05) is 24.3 Å². The van der Waals surface area contributed by atoms with Gasteiger partial charge in [-0.15, -0.1) is 0 Å². The van der Waals surface area contributed by atoms with Crippen molar-refractivity contribution in [1.29, 1.82) is 0 Å². The Morgan fingerprint density at radius 1 is 1.00 bits per heavy atom. The third-order valence-electron chi connectivity index (χ3n) is 0.983. The first-order valence-corrected chi connectivity index (χ1v) is 2.67. The molecular weight excluding hydrogens is 112 g/mol. The Bertz CT molecular complexity index is 252. The molecule has 0 aliphatic carbocycles. The average Bonchev–Trinajstić information content (AvgIpc) is 2.13. The zero-order valence-corrected chi connectivity index (χ0v) is 4.86. The number of hydrogen-bond donors (Lipinski definition) is 0. The lowest BCUT2D eigenvalue weighted by Gasteiger charge is -1.54. The van der Waals surface area contributed by atoms with Crippen molar-refractivity contribution in [3.63, 3.8) is 0 Å². The van der Waals surface area contributed by atoms with Crippen molar-refractivity contribution in [1.82, 2.24) is 0 Å². The number of hydrogen-bond acceptors (Lipinski definition) is 0. The lowest BCUT2D eigenvalue weighted by molar-refractivity contribution is -0.0649. The van der Waals surface area contributed by atoms with Gasteiger partial charge in [0.05, 0.1) is 0 Å². The summed E-state index contributed by atoms with van der Waals surface area (Å²) in [6.07, 6.45) is 0. The maximum Gasteiger partial charge on any atom is 0.315 e. The molecule has 9 heavy (non-hydrogen) atoms. The van der Waals surface area contributed by atoms with Crippen LogP contribution in [-0.2, 0) is 0 Å². The van der Waals surface area contributed by atoms with E-state index < -0.39 is 0 Å². The third-order valence-corrected chi connectivity index (χ3v) is 0.983. The molecule has 0 N–H and O–H groups in total. The van der Waals surface area contributed by atoms with Gasteiger partial charge in [-0.05, 0) is 0 Å². The van der Waals surface area contributed by atoms with E-state index >= 15 is 0 Å². The molecule has 0 spiro atoms. The monoisotopic (exact) mass is 118 g/mol.